The molecule has 0 radical (unpaired) electrons. The van der Waals surface area contributed by atoms with E-state index < -0.39 is 6.41 Å². The van der Waals surface area contributed by atoms with Crippen LogP contribution in [0.2, 0.25) is 0 Å². The number of nitrogens with two attached hydrogens (primary N) is 1. The summed E-state index contributed by atoms with van der Waals surface area (Å²) in [7, 11) is 0. The van der Waals surface area contributed by atoms with Crippen LogP contribution in [0.5, 0.6) is 0 Å². The molecule has 0 aromatic rings. The van der Waals surface area contributed by atoms with Crippen LogP contribution in [-0.2, 0) is 4.74 Å². The molecule has 0 spiro atoms. The van der Waals surface area contributed by atoms with Crippen LogP contribution in [0, 0.1) is 0 Å². The molecule has 1 heterocycles. The molecule has 14 heavy (non-hydrogen) atoms. The van der Waals surface area contributed by atoms with E-state index in [1.54, 1.807) is 0 Å². The van der Waals surface area contributed by atoms with Gasteiger partial charge in [-0.2, -0.15) is 0 Å². The highest BCUT2D eigenvalue weighted by Crippen LogP contribution is 2.15. The number of aliphatic hydroxyl groups excluding tert-OH is 1. The molecule has 0 aromatic carbocycles. The first-order chi connectivity index (χ1) is 6.38. The molecule has 0 saturated carbocycles. The Morgan fingerprint density at radius 2 is 2.21 bits per heavy atom. The molecule has 3 N–H and O–H groups in total. The van der Waals surface area contributed by atoms with E-state index in [0.717, 1.165) is 18.7 Å². The molecule has 82 valence electrons. The van der Waals surface area contributed by atoms with Crippen molar-refractivity contribution in [3.63, 3.8) is 0 Å². The fourth-order valence-electron chi connectivity index (χ4n) is 1.29. The quantitative estimate of drug-likeness (QED) is 0.642. The molecule has 0 amide bonds. The Hall–Kier alpha value is -0.580. The average molecular weight is 200 g/mol. The fraction of sp³-hybridized carbons (Fsp3) is 0.800. The van der Waals surface area contributed by atoms with Gasteiger partial charge >= 0.3 is 0 Å². The first-order valence-corrected chi connectivity index (χ1v) is 4.93. The SMILES string of the molecule is CC(C)(C)O[C@@H](O)N1CC=C(N)CC1. The lowest BCUT2D eigenvalue weighted by molar-refractivity contribution is -0.237. The second-order valence-corrected chi connectivity index (χ2v) is 4.58. The highest BCUT2D eigenvalue weighted by molar-refractivity contribution is 5.02. The zero-order chi connectivity index (χ0) is 10.8. The summed E-state index contributed by atoms with van der Waals surface area (Å²) in [5.74, 6) is 0. The van der Waals surface area contributed by atoms with E-state index in [9.17, 15) is 5.11 Å². The normalized spacial score (nSPS) is 21.9. The number of aliphatic hydroxyl groups is 1. The number of nitrogens with zero attached hydrogens (tertiary/aromatic N) is 1. The lowest BCUT2D eigenvalue weighted by atomic mass is 10.2. The van der Waals surface area contributed by atoms with E-state index in [2.05, 4.69) is 0 Å². The van der Waals surface area contributed by atoms with E-state index in [4.69, 9.17) is 10.5 Å². The van der Waals surface area contributed by atoms with Gasteiger partial charge in [0, 0.05) is 18.8 Å². The predicted octanol–water partition coefficient (Wildman–Crippen LogP) is 0.626. The summed E-state index contributed by atoms with van der Waals surface area (Å²) >= 11 is 0. The Bertz CT molecular complexity index is 221. The summed E-state index contributed by atoms with van der Waals surface area (Å²) in [4.78, 5) is 1.85. The fourth-order valence-corrected chi connectivity index (χ4v) is 1.29. The van der Waals surface area contributed by atoms with Crippen LogP contribution < -0.4 is 5.73 Å². The molecule has 0 saturated heterocycles. The first-order valence-electron chi connectivity index (χ1n) is 4.93. The van der Waals surface area contributed by atoms with E-state index in [0.29, 0.717) is 6.54 Å². The molecule has 1 aliphatic rings. The second kappa shape index (κ2) is 4.29. The molecule has 0 unspecified atom stereocenters. The van der Waals surface area contributed by atoms with Crippen molar-refractivity contribution in [1.29, 1.82) is 0 Å². The van der Waals surface area contributed by atoms with Crippen LogP contribution in [0.3, 0.4) is 0 Å². The van der Waals surface area contributed by atoms with Crippen molar-refractivity contribution >= 4 is 0 Å². The summed E-state index contributed by atoms with van der Waals surface area (Å²) in [5, 5.41) is 9.73. The monoisotopic (exact) mass is 200 g/mol. The van der Waals surface area contributed by atoms with Crippen molar-refractivity contribution < 1.29 is 9.84 Å². The summed E-state index contributed by atoms with van der Waals surface area (Å²) in [6, 6.07) is 0. The van der Waals surface area contributed by atoms with Gasteiger partial charge < -0.3 is 15.6 Å². The average Bonchev–Trinajstić information content (AvgIpc) is 2.02. The van der Waals surface area contributed by atoms with E-state index >= 15 is 0 Å². The van der Waals surface area contributed by atoms with Gasteiger partial charge in [0.1, 0.15) is 0 Å². The summed E-state index contributed by atoms with van der Waals surface area (Å²) < 4.78 is 5.42. The zero-order valence-corrected chi connectivity index (χ0v) is 9.16. The van der Waals surface area contributed by atoms with Gasteiger partial charge in [-0.15, -0.1) is 0 Å². The second-order valence-electron chi connectivity index (χ2n) is 4.58. The zero-order valence-electron chi connectivity index (χ0n) is 9.16. The molecule has 1 rings (SSSR count). The highest BCUT2D eigenvalue weighted by atomic mass is 16.6. The number of hydrogen-bond acceptors (Lipinski definition) is 4. The summed E-state index contributed by atoms with van der Waals surface area (Å²) in [6.45, 7) is 7.17. The molecule has 1 atom stereocenters. The lowest BCUT2D eigenvalue weighted by Crippen LogP contribution is -2.44. The molecule has 1 aliphatic heterocycles. The molecule has 0 bridgehead atoms. The van der Waals surface area contributed by atoms with Crippen molar-refractivity contribution in [3.05, 3.63) is 11.8 Å². The molecule has 0 fully saturated rings. The highest BCUT2D eigenvalue weighted by Gasteiger charge is 2.23. The van der Waals surface area contributed by atoms with Gasteiger partial charge in [0.25, 0.3) is 0 Å². The number of ether oxygens (including phenoxy) is 1. The minimum Gasteiger partial charge on any atom is -0.402 e. The van der Waals surface area contributed by atoms with Gasteiger partial charge in [0.2, 0.25) is 6.41 Å². The molecule has 4 nitrogen and oxygen atoms in total. The molecular formula is C10H20N2O2. The van der Waals surface area contributed by atoms with Crippen LogP contribution in [0.15, 0.2) is 11.8 Å². The third-order valence-corrected chi connectivity index (χ3v) is 2.05. The standard InChI is InChI=1S/C10H20N2O2/c1-10(2,3)14-9(13)12-6-4-8(11)5-7-12/h4,9,13H,5-7,11H2,1-3H3/t9-/m1/s1. The van der Waals surface area contributed by atoms with E-state index in [1.807, 2.05) is 31.7 Å². The Morgan fingerprint density at radius 1 is 1.57 bits per heavy atom. The van der Waals surface area contributed by atoms with E-state index in [1.165, 1.54) is 0 Å². The predicted molar refractivity (Wildman–Crippen MR) is 55.3 cm³/mol. The molecular weight excluding hydrogens is 180 g/mol. The Labute approximate surface area is 85.3 Å². The topological polar surface area (TPSA) is 58.7 Å². The van der Waals surface area contributed by atoms with Gasteiger partial charge in [0.05, 0.1) is 5.60 Å². The number of rotatable bonds is 2. The Kier molecular flexibility index (Phi) is 3.53. The summed E-state index contributed by atoms with van der Waals surface area (Å²) in [6.07, 6.45) is 1.88. The van der Waals surface area contributed by atoms with Crippen molar-refractivity contribution in [1.82, 2.24) is 4.90 Å². The smallest absolute Gasteiger partial charge is 0.216 e. The summed E-state index contributed by atoms with van der Waals surface area (Å²) in [5.41, 5.74) is 6.20. The maximum Gasteiger partial charge on any atom is 0.216 e. The van der Waals surface area contributed by atoms with Gasteiger partial charge in [-0.05, 0) is 27.2 Å². The van der Waals surface area contributed by atoms with Crippen LogP contribution in [0.4, 0.5) is 0 Å². The van der Waals surface area contributed by atoms with Crippen LogP contribution in [-0.4, -0.2) is 35.1 Å². The Balaban J connectivity index is 2.43. The molecule has 0 aromatic heterocycles. The van der Waals surface area contributed by atoms with Crippen molar-refractivity contribution in [3.8, 4) is 0 Å². The van der Waals surface area contributed by atoms with Gasteiger partial charge in [-0.1, -0.05) is 6.08 Å². The molecule has 0 aliphatic carbocycles. The third-order valence-electron chi connectivity index (χ3n) is 2.05. The maximum absolute atomic E-state index is 9.73. The van der Waals surface area contributed by atoms with Crippen molar-refractivity contribution in [2.24, 2.45) is 5.73 Å². The Morgan fingerprint density at radius 3 is 2.64 bits per heavy atom. The number of hydrogen-bond donors (Lipinski definition) is 2. The van der Waals surface area contributed by atoms with Gasteiger partial charge in [0.15, 0.2) is 0 Å². The van der Waals surface area contributed by atoms with E-state index in [-0.39, 0.29) is 5.60 Å². The van der Waals surface area contributed by atoms with Crippen molar-refractivity contribution in [2.45, 2.75) is 39.2 Å². The van der Waals surface area contributed by atoms with Crippen LogP contribution in [0.25, 0.3) is 0 Å². The first kappa shape index (κ1) is 11.5. The van der Waals surface area contributed by atoms with Gasteiger partial charge in [-0.3, -0.25) is 4.90 Å². The van der Waals surface area contributed by atoms with Crippen LogP contribution >= 0.6 is 0 Å². The van der Waals surface area contributed by atoms with Gasteiger partial charge in [-0.25, -0.2) is 0 Å². The van der Waals surface area contributed by atoms with Crippen molar-refractivity contribution in [2.75, 3.05) is 13.1 Å². The third kappa shape index (κ3) is 3.65. The minimum absolute atomic E-state index is 0.327. The maximum atomic E-state index is 9.73. The van der Waals surface area contributed by atoms with Crippen LogP contribution in [0.1, 0.15) is 27.2 Å². The largest absolute Gasteiger partial charge is 0.402 e. The molecule has 4 heteroatoms. The lowest BCUT2D eigenvalue weighted by Gasteiger charge is -2.33. The minimum atomic E-state index is -0.834.